The van der Waals surface area contributed by atoms with Crippen LogP contribution in [0.5, 0.6) is 5.88 Å². The number of hydrogen-bond acceptors (Lipinski definition) is 7. The Morgan fingerprint density at radius 1 is 1.11 bits per heavy atom. The van der Waals surface area contributed by atoms with Crippen LogP contribution in [0, 0.1) is 6.57 Å². The third-order valence-electron chi connectivity index (χ3n) is 3.97. The summed E-state index contributed by atoms with van der Waals surface area (Å²) >= 11 is 0. The lowest BCUT2D eigenvalue weighted by atomic mass is 10.2. The van der Waals surface area contributed by atoms with Gasteiger partial charge in [-0.1, -0.05) is 36.4 Å². The van der Waals surface area contributed by atoms with Gasteiger partial charge in [0.1, 0.15) is 6.61 Å². The number of tetrazole rings is 1. The van der Waals surface area contributed by atoms with E-state index in [4.69, 9.17) is 21.8 Å². The third kappa shape index (κ3) is 5.33. The van der Waals surface area contributed by atoms with Crippen LogP contribution >= 0.6 is 0 Å². The van der Waals surface area contributed by atoms with Crippen molar-refractivity contribution in [3.05, 3.63) is 77.5 Å². The molecule has 1 unspecified atom stereocenters. The van der Waals surface area contributed by atoms with Crippen molar-refractivity contribution in [2.75, 3.05) is 19.8 Å². The zero-order chi connectivity index (χ0) is 19.6. The highest BCUT2D eigenvalue weighted by atomic mass is 16.5. The molecule has 9 nitrogen and oxygen atoms in total. The van der Waals surface area contributed by atoms with Crippen LogP contribution < -0.4 is 10.5 Å². The minimum atomic E-state index is -0.526. The smallest absolute Gasteiger partial charge is 0.240 e. The molecule has 0 amide bonds. The molecule has 3 rings (SSSR count). The Morgan fingerprint density at radius 3 is 2.68 bits per heavy atom. The van der Waals surface area contributed by atoms with Gasteiger partial charge in [0.05, 0.1) is 19.3 Å². The standard InChI is InChI=1S/C19H21N7O2/c1-21-11-16(13-28-18-9-5-6-10-22-18)26-19(23-24-25-26)17(20)14-27-12-15-7-3-2-4-8-15/h2-10,16-17H,11-14,20H2/t16-,17?/m1/s1. The summed E-state index contributed by atoms with van der Waals surface area (Å²) in [5.74, 6) is 0.925. The molecular weight excluding hydrogens is 358 g/mol. The lowest BCUT2D eigenvalue weighted by Crippen LogP contribution is -2.28. The Hall–Kier alpha value is -3.35. The van der Waals surface area contributed by atoms with Gasteiger partial charge in [0.15, 0.2) is 11.9 Å². The summed E-state index contributed by atoms with van der Waals surface area (Å²) in [4.78, 5) is 7.58. The van der Waals surface area contributed by atoms with E-state index in [1.807, 2.05) is 36.4 Å². The average molecular weight is 379 g/mol. The maximum atomic E-state index is 7.22. The molecule has 0 spiro atoms. The van der Waals surface area contributed by atoms with E-state index < -0.39 is 6.04 Å². The molecule has 0 bridgehead atoms. The van der Waals surface area contributed by atoms with Gasteiger partial charge in [0.2, 0.25) is 12.4 Å². The summed E-state index contributed by atoms with van der Waals surface area (Å²) in [6, 6.07) is 14.3. The van der Waals surface area contributed by atoms with E-state index in [-0.39, 0.29) is 25.8 Å². The summed E-state index contributed by atoms with van der Waals surface area (Å²) in [7, 11) is 0. The van der Waals surface area contributed by atoms with Crippen LogP contribution in [-0.2, 0) is 11.3 Å². The quantitative estimate of drug-likeness (QED) is 0.536. The van der Waals surface area contributed by atoms with Crippen molar-refractivity contribution in [2.24, 2.45) is 5.73 Å². The second kappa shape index (κ2) is 10.1. The highest BCUT2D eigenvalue weighted by molar-refractivity contribution is 5.13. The maximum absolute atomic E-state index is 7.22. The van der Waals surface area contributed by atoms with Crippen LogP contribution in [0.2, 0.25) is 0 Å². The molecule has 0 saturated carbocycles. The van der Waals surface area contributed by atoms with Gasteiger partial charge in [-0.25, -0.2) is 16.2 Å². The van der Waals surface area contributed by atoms with Crippen molar-refractivity contribution in [2.45, 2.75) is 18.7 Å². The number of aromatic nitrogens is 5. The molecule has 2 atom stereocenters. The molecule has 28 heavy (non-hydrogen) atoms. The molecule has 0 aliphatic rings. The molecule has 0 fully saturated rings. The lowest BCUT2D eigenvalue weighted by Gasteiger charge is -2.17. The minimum Gasteiger partial charge on any atom is -0.475 e. The normalized spacial score (nSPS) is 12.9. The Bertz CT molecular complexity index is 880. The van der Waals surface area contributed by atoms with Gasteiger partial charge < -0.3 is 20.1 Å². The van der Waals surface area contributed by atoms with Crippen LogP contribution in [0.15, 0.2) is 54.7 Å². The number of nitrogens with two attached hydrogens (primary N) is 1. The largest absolute Gasteiger partial charge is 0.475 e. The van der Waals surface area contributed by atoms with E-state index in [0.29, 0.717) is 18.3 Å². The average Bonchev–Trinajstić information content (AvgIpc) is 3.22. The first-order valence-electron chi connectivity index (χ1n) is 8.80. The van der Waals surface area contributed by atoms with Gasteiger partial charge in [0, 0.05) is 12.3 Å². The first-order valence-corrected chi connectivity index (χ1v) is 8.80. The van der Waals surface area contributed by atoms with E-state index >= 15 is 0 Å². The number of nitrogens with zero attached hydrogens (tertiary/aromatic N) is 6. The first kappa shape index (κ1) is 19.4. The monoisotopic (exact) mass is 379 g/mol. The second-order valence-electron chi connectivity index (χ2n) is 6.06. The van der Waals surface area contributed by atoms with Gasteiger partial charge in [-0.3, -0.25) is 0 Å². The van der Waals surface area contributed by atoms with E-state index in [1.54, 1.807) is 18.3 Å². The zero-order valence-corrected chi connectivity index (χ0v) is 15.3. The molecule has 2 heterocycles. The van der Waals surface area contributed by atoms with Gasteiger partial charge in [0.25, 0.3) is 0 Å². The number of ether oxygens (including phenoxy) is 2. The second-order valence-corrected chi connectivity index (χ2v) is 6.06. The number of pyridine rings is 1. The molecule has 3 aromatic rings. The minimum absolute atomic E-state index is 0.155. The highest BCUT2D eigenvalue weighted by Gasteiger charge is 2.24. The van der Waals surface area contributed by atoms with Crippen LogP contribution in [0.4, 0.5) is 0 Å². The van der Waals surface area contributed by atoms with Crippen molar-refractivity contribution in [3.8, 4) is 5.88 Å². The van der Waals surface area contributed by atoms with E-state index in [9.17, 15) is 0 Å². The molecule has 0 saturated heterocycles. The molecule has 0 radical (unpaired) electrons. The molecule has 1 aromatic carbocycles. The summed E-state index contributed by atoms with van der Waals surface area (Å²) in [5, 5.41) is 11.8. The topological polar surface area (TPSA) is 105 Å². The third-order valence-corrected chi connectivity index (χ3v) is 3.97. The molecule has 144 valence electrons. The van der Waals surface area contributed by atoms with Crippen molar-refractivity contribution >= 4 is 0 Å². The van der Waals surface area contributed by atoms with Crippen LogP contribution in [-0.4, -0.2) is 44.9 Å². The van der Waals surface area contributed by atoms with Gasteiger partial charge in [-0.05, 0) is 22.1 Å². The van der Waals surface area contributed by atoms with Crippen molar-refractivity contribution in [3.63, 3.8) is 0 Å². The fourth-order valence-corrected chi connectivity index (χ4v) is 2.58. The van der Waals surface area contributed by atoms with E-state index in [1.165, 1.54) is 4.68 Å². The van der Waals surface area contributed by atoms with E-state index in [0.717, 1.165) is 5.56 Å². The molecular formula is C19H21N7O2. The van der Waals surface area contributed by atoms with Crippen molar-refractivity contribution in [1.82, 2.24) is 25.2 Å². The molecule has 2 aromatic heterocycles. The predicted molar refractivity (Wildman–Crippen MR) is 101 cm³/mol. The van der Waals surface area contributed by atoms with Crippen LogP contribution in [0.3, 0.4) is 0 Å². The Kier molecular flexibility index (Phi) is 7.01. The van der Waals surface area contributed by atoms with Crippen LogP contribution in [0.25, 0.3) is 4.85 Å². The molecule has 0 aliphatic carbocycles. The summed E-state index contributed by atoms with van der Waals surface area (Å²) in [6.45, 7) is 8.28. The predicted octanol–water partition coefficient (Wildman–Crippen LogP) is 1.82. The summed E-state index contributed by atoms with van der Waals surface area (Å²) < 4.78 is 12.9. The number of hydrogen-bond donors (Lipinski definition) is 1. The van der Waals surface area contributed by atoms with Crippen molar-refractivity contribution < 1.29 is 9.47 Å². The highest BCUT2D eigenvalue weighted by Crippen LogP contribution is 2.16. The summed E-state index contributed by atoms with van der Waals surface area (Å²) in [6.07, 6.45) is 1.64. The fourth-order valence-electron chi connectivity index (χ4n) is 2.58. The van der Waals surface area contributed by atoms with Crippen LogP contribution in [0.1, 0.15) is 23.5 Å². The SMILES string of the molecule is [C-]#[N+]C[C@H](COc1ccccn1)n1nnnc1C(N)COCc1ccccc1. The summed E-state index contributed by atoms with van der Waals surface area (Å²) in [5.41, 5.74) is 7.29. The Labute approximate surface area is 162 Å². The molecule has 9 heteroatoms. The van der Waals surface area contributed by atoms with Gasteiger partial charge >= 0.3 is 0 Å². The lowest BCUT2D eigenvalue weighted by molar-refractivity contribution is 0.104. The van der Waals surface area contributed by atoms with Gasteiger partial charge in [-0.15, -0.1) is 5.10 Å². The number of rotatable bonds is 10. The van der Waals surface area contributed by atoms with Crippen molar-refractivity contribution in [1.29, 1.82) is 0 Å². The van der Waals surface area contributed by atoms with Gasteiger partial charge in [-0.2, -0.15) is 0 Å². The Morgan fingerprint density at radius 2 is 1.93 bits per heavy atom. The zero-order valence-electron chi connectivity index (χ0n) is 15.3. The van der Waals surface area contributed by atoms with E-state index in [2.05, 4.69) is 25.4 Å². The number of benzene rings is 1. The molecule has 0 aliphatic heterocycles. The Balaban J connectivity index is 1.61. The fraction of sp³-hybridized carbons (Fsp3) is 0.316. The maximum Gasteiger partial charge on any atom is 0.240 e. The first-order chi connectivity index (χ1) is 13.8. The molecule has 2 N–H and O–H groups in total.